The molecule has 0 bridgehead atoms. The van der Waals surface area contributed by atoms with Gasteiger partial charge in [-0.2, -0.15) is 0 Å². The number of phenolic OH excluding ortho intramolecular Hbond substituents is 1. The third-order valence-electron chi connectivity index (χ3n) is 1.25. The molecule has 58 valence electrons. The summed E-state index contributed by atoms with van der Waals surface area (Å²) in [6.45, 7) is 0. The van der Waals surface area contributed by atoms with Crippen LogP contribution in [-0.4, -0.2) is 9.66 Å². The number of benzene rings is 1. The van der Waals surface area contributed by atoms with E-state index in [1.54, 1.807) is 24.3 Å². The van der Waals surface area contributed by atoms with Gasteiger partial charge in [0.15, 0.2) is 0 Å². The number of aromatic hydroxyl groups is 1. The van der Waals surface area contributed by atoms with Gasteiger partial charge in [-0.25, -0.2) is 0 Å². The zero-order valence-corrected chi connectivity index (χ0v) is 6.58. The zero-order chi connectivity index (χ0) is 8.10. The van der Waals surface area contributed by atoms with Gasteiger partial charge in [-0.1, -0.05) is 18.2 Å². The maximum atomic E-state index is 9.20. The predicted molar refractivity (Wildman–Crippen MR) is 47.4 cm³/mol. The first-order chi connectivity index (χ1) is 5.34. The largest absolute Gasteiger partial charge is 0.507 e. The molecule has 3 heteroatoms. The van der Waals surface area contributed by atoms with E-state index in [9.17, 15) is 5.11 Å². The van der Waals surface area contributed by atoms with Crippen LogP contribution < -0.4 is 0 Å². The fraction of sp³-hybridized carbons (Fsp3) is 0. The molecule has 0 aromatic heterocycles. The minimum absolute atomic E-state index is 0.220. The van der Waals surface area contributed by atoms with Crippen LogP contribution in [0.15, 0.2) is 29.7 Å². The van der Waals surface area contributed by atoms with E-state index in [0.717, 1.165) is 0 Å². The topological polar surface area (TPSA) is 40.5 Å². The van der Waals surface area contributed by atoms with Gasteiger partial charge in [-0.05, 0) is 17.6 Å². The van der Waals surface area contributed by atoms with Crippen molar-refractivity contribution < 1.29 is 9.66 Å². The maximum absolute atomic E-state index is 9.20. The summed E-state index contributed by atoms with van der Waals surface area (Å²) in [6, 6.07) is 6.93. The molecule has 1 aromatic rings. The molecule has 0 aliphatic carbocycles. The minimum atomic E-state index is 0.220. The highest BCUT2D eigenvalue weighted by Crippen LogP contribution is 2.17. The third-order valence-corrected chi connectivity index (χ3v) is 1.50. The molecule has 1 aromatic carbocycles. The molecule has 0 saturated heterocycles. The van der Waals surface area contributed by atoms with Gasteiger partial charge in [-0.3, -0.25) is 0 Å². The van der Waals surface area contributed by atoms with Crippen LogP contribution in [0.3, 0.4) is 0 Å². The molecule has 2 N–H and O–H groups in total. The standard InChI is InChI=1S/C8H8O2S/c9-8-4-2-1-3-7(8)5-6-11-10/h1-6,9-10H. The molecule has 11 heavy (non-hydrogen) atoms. The highest BCUT2D eigenvalue weighted by atomic mass is 32.2. The van der Waals surface area contributed by atoms with Crippen molar-refractivity contribution in [3.8, 4) is 5.75 Å². The molecule has 1 rings (SSSR count). The second-order valence-electron chi connectivity index (χ2n) is 1.97. The lowest BCUT2D eigenvalue weighted by atomic mass is 10.2. The van der Waals surface area contributed by atoms with Crippen LogP contribution in [0.25, 0.3) is 6.08 Å². The molecule has 0 spiro atoms. The number of para-hydroxylation sites is 1. The summed E-state index contributed by atoms with van der Waals surface area (Å²) in [4.78, 5) is 0. The van der Waals surface area contributed by atoms with Gasteiger partial charge in [-0.15, -0.1) is 0 Å². The molecule has 0 fully saturated rings. The van der Waals surface area contributed by atoms with Gasteiger partial charge >= 0.3 is 0 Å². The smallest absolute Gasteiger partial charge is 0.122 e. The number of hydrogen-bond acceptors (Lipinski definition) is 3. The Labute approximate surface area is 69.4 Å². The van der Waals surface area contributed by atoms with Gasteiger partial charge < -0.3 is 9.66 Å². The first-order valence-corrected chi connectivity index (χ1v) is 3.93. The number of phenols is 1. The van der Waals surface area contributed by atoms with Crippen molar-refractivity contribution in [2.45, 2.75) is 0 Å². The molecule has 0 atom stereocenters. The second-order valence-corrected chi connectivity index (χ2v) is 2.45. The molecular weight excluding hydrogens is 160 g/mol. The lowest BCUT2D eigenvalue weighted by molar-refractivity contribution is 0.474. The number of rotatable bonds is 2. The zero-order valence-electron chi connectivity index (χ0n) is 5.77. The molecule has 0 saturated carbocycles. The Morgan fingerprint density at radius 2 is 2.00 bits per heavy atom. The van der Waals surface area contributed by atoms with E-state index in [4.69, 9.17) is 4.55 Å². The Morgan fingerprint density at radius 3 is 2.64 bits per heavy atom. The molecule has 0 unspecified atom stereocenters. The SMILES string of the molecule is OSC=Cc1ccccc1O. The van der Waals surface area contributed by atoms with Gasteiger partial charge in [0, 0.05) is 17.6 Å². The molecule has 0 aliphatic rings. The average Bonchev–Trinajstić information content (AvgIpc) is 2.03. The average molecular weight is 168 g/mol. The molecule has 0 amide bonds. The maximum Gasteiger partial charge on any atom is 0.122 e. The van der Waals surface area contributed by atoms with E-state index < -0.39 is 0 Å². The Balaban J connectivity index is 2.86. The number of hydrogen-bond donors (Lipinski definition) is 2. The summed E-state index contributed by atoms with van der Waals surface area (Å²) in [5.74, 6) is 0.220. The molecule has 0 aliphatic heterocycles. The Kier molecular flexibility index (Phi) is 3.01. The van der Waals surface area contributed by atoms with E-state index in [1.807, 2.05) is 6.07 Å². The Hall–Kier alpha value is -0.930. The second kappa shape index (κ2) is 4.05. The summed E-state index contributed by atoms with van der Waals surface area (Å²) in [5, 5.41) is 10.7. The Morgan fingerprint density at radius 1 is 1.27 bits per heavy atom. The van der Waals surface area contributed by atoms with Crippen LogP contribution >= 0.6 is 12.0 Å². The normalized spacial score (nSPS) is 10.6. The minimum Gasteiger partial charge on any atom is -0.507 e. The highest BCUT2D eigenvalue weighted by Gasteiger charge is 1.91. The van der Waals surface area contributed by atoms with Crippen LogP contribution in [0.1, 0.15) is 5.56 Å². The predicted octanol–water partition coefficient (Wildman–Crippen LogP) is 2.57. The molecule has 0 radical (unpaired) electrons. The summed E-state index contributed by atoms with van der Waals surface area (Å²) in [5.41, 5.74) is 0.703. The van der Waals surface area contributed by atoms with Gasteiger partial charge in [0.2, 0.25) is 0 Å². The van der Waals surface area contributed by atoms with Crippen molar-refractivity contribution in [1.82, 2.24) is 0 Å². The Bertz CT molecular complexity index is 258. The molecular formula is C8H8O2S. The van der Waals surface area contributed by atoms with Gasteiger partial charge in [0.05, 0.1) is 0 Å². The van der Waals surface area contributed by atoms with Crippen molar-refractivity contribution in [3.63, 3.8) is 0 Å². The van der Waals surface area contributed by atoms with E-state index in [0.29, 0.717) is 17.6 Å². The fourth-order valence-corrected chi connectivity index (χ4v) is 0.940. The first kappa shape index (κ1) is 8.17. The summed E-state index contributed by atoms with van der Waals surface area (Å²) in [7, 11) is 0. The monoisotopic (exact) mass is 168 g/mol. The lowest BCUT2D eigenvalue weighted by Crippen LogP contribution is -1.71. The highest BCUT2D eigenvalue weighted by molar-refractivity contribution is 7.96. The van der Waals surface area contributed by atoms with Crippen LogP contribution in [0.5, 0.6) is 5.75 Å². The van der Waals surface area contributed by atoms with Crippen LogP contribution in [0.2, 0.25) is 0 Å². The van der Waals surface area contributed by atoms with E-state index in [1.165, 1.54) is 5.41 Å². The van der Waals surface area contributed by atoms with Gasteiger partial charge in [0.1, 0.15) is 5.75 Å². The third kappa shape index (κ3) is 2.29. The van der Waals surface area contributed by atoms with Crippen molar-refractivity contribution in [3.05, 3.63) is 35.2 Å². The summed E-state index contributed by atoms with van der Waals surface area (Å²) < 4.78 is 8.37. The van der Waals surface area contributed by atoms with Crippen molar-refractivity contribution >= 4 is 18.1 Å². The van der Waals surface area contributed by atoms with Crippen molar-refractivity contribution in [1.29, 1.82) is 0 Å². The van der Waals surface area contributed by atoms with Gasteiger partial charge in [0.25, 0.3) is 0 Å². The van der Waals surface area contributed by atoms with Crippen LogP contribution in [-0.2, 0) is 0 Å². The summed E-state index contributed by atoms with van der Waals surface area (Å²) >= 11 is 0.613. The quantitative estimate of drug-likeness (QED) is 0.667. The lowest BCUT2D eigenvalue weighted by Gasteiger charge is -1.95. The summed E-state index contributed by atoms with van der Waals surface area (Å²) in [6.07, 6.45) is 1.64. The van der Waals surface area contributed by atoms with Crippen molar-refractivity contribution in [2.75, 3.05) is 0 Å². The van der Waals surface area contributed by atoms with E-state index in [2.05, 4.69) is 0 Å². The molecule has 2 nitrogen and oxygen atoms in total. The first-order valence-electron chi connectivity index (χ1n) is 3.09. The van der Waals surface area contributed by atoms with Crippen LogP contribution in [0, 0.1) is 0 Å². The fourth-order valence-electron chi connectivity index (χ4n) is 0.732. The molecule has 0 heterocycles. The van der Waals surface area contributed by atoms with E-state index in [-0.39, 0.29) is 5.75 Å². The van der Waals surface area contributed by atoms with Crippen LogP contribution in [0.4, 0.5) is 0 Å². The van der Waals surface area contributed by atoms with Crippen molar-refractivity contribution in [2.24, 2.45) is 0 Å². The van der Waals surface area contributed by atoms with E-state index >= 15 is 0 Å².